The summed E-state index contributed by atoms with van der Waals surface area (Å²) in [4.78, 5) is 14.5. The molecule has 2 nitrogen and oxygen atoms in total. The summed E-state index contributed by atoms with van der Waals surface area (Å²) in [6.07, 6.45) is 0.366. The minimum Gasteiger partial charge on any atom is -0.296 e. The lowest BCUT2D eigenvalue weighted by atomic mass is 10.1. The highest BCUT2D eigenvalue weighted by Crippen LogP contribution is 2.26. The van der Waals surface area contributed by atoms with Crippen molar-refractivity contribution >= 4 is 29.5 Å². The summed E-state index contributed by atoms with van der Waals surface area (Å²) in [7, 11) is 0. The summed E-state index contributed by atoms with van der Waals surface area (Å²) in [5, 5.41) is 0.901. The van der Waals surface area contributed by atoms with Crippen LogP contribution < -0.4 is 0 Å². The number of halogens is 3. The normalized spacial score (nSPS) is 10.3. The third kappa shape index (κ3) is 2.62. The van der Waals surface area contributed by atoms with Crippen molar-refractivity contribution in [1.82, 2.24) is 4.98 Å². The molecule has 0 aliphatic carbocycles. The minimum absolute atomic E-state index is 0.237. The fraction of sp³-hybridized carbons (Fsp3) is 0. The second-order valence-electron chi connectivity index (χ2n) is 3.34. The van der Waals surface area contributed by atoms with Crippen LogP contribution in [0.3, 0.4) is 0 Å². The molecule has 0 spiro atoms. The van der Waals surface area contributed by atoms with E-state index in [2.05, 4.69) is 4.98 Å². The molecule has 0 atom stereocenters. The number of carbonyl (C=O) groups excluding carboxylic acids is 1. The van der Waals surface area contributed by atoms with Crippen LogP contribution in [0.5, 0.6) is 0 Å². The topological polar surface area (TPSA) is 30.0 Å². The number of rotatable bonds is 2. The fourth-order valence-corrected chi connectivity index (χ4v) is 1.93. The molecule has 5 heteroatoms. The van der Waals surface area contributed by atoms with E-state index in [0.29, 0.717) is 27.6 Å². The lowest BCUT2D eigenvalue weighted by molar-refractivity contribution is 0.111. The van der Waals surface area contributed by atoms with Crippen molar-refractivity contribution < 1.29 is 9.18 Å². The van der Waals surface area contributed by atoms with Gasteiger partial charge in [0.2, 0.25) is 0 Å². The molecule has 0 fully saturated rings. The molecule has 0 unspecified atom stereocenters. The average Bonchev–Trinajstić information content (AvgIpc) is 2.28. The molecule has 1 heterocycles. The van der Waals surface area contributed by atoms with E-state index in [9.17, 15) is 9.18 Å². The molecule has 1 aromatic heterocycles. The van der Waals surface area contributed by atoms with E-state index in [0.717, 1.165) is 0 Å². The number of pyridine rings is 1. The van der Waals surface area contributed by atoms with Gasteiger partial charge in [-0.05, 0) is 30.3 Å². The summed E-state index contributed by atoms with van der Waals surface area (Å²) in [5.74, 6) is -0.656. The number of aldehydes is 1. The second-order valence-corrected chi connectivity index (χ2v) is 4.21. The maximum absolute atomic E-state index is 13.1. The van der Waals surface area contributed by atoms with Crippen LogP contribution in [0.15, 0.2) is 30.3 Å². The smallest absolute Gasteiger partial charge is 0.171 e. The first-order valence-electron chi connectivity index (χ1n) is 4.68. The van der Waals surface area contributed by atoms with Gasteiger partial charge in [-0.2, -0.15) is 0 Å². The van der Waals surface area contributed by atoms with Crippen LogP contribution in [0.25, 0.3) is 11.3 Å². The molecule has 0 aliphatic rings. The SMILES string of the molecule is O=Cc1nc(-c2cc(Cl)cc(Cl)c2)ccc1F. The highest BCUT2D eigenvalue weighted by Gasteiger charge is 2.07. The molecule has 17 heavy (non-hydrogen) atoms. The maximum Gasteiger partial charge on any atom is 0.171 e. The van der Waals surface area contributed by atoms with Gasteiger partial charge >= 0.3 is 0 Å². The Hall–Kier alpha value is -1.45. The molecule has 0 amide bonds. The Morgan fingerprint density at radius 1 is 1.12 bits per heavy atom. The van der Waals surface area contributed by atoms with Gasteiger partial charge in [0, 0.05) is 15.6 Å². The molecule has 1 aromatic carbocycles. The highest BCUT2D eigenvalue weighted by molar-refractivity contribution is 6.35. The molecular weight excluding hydrogens is 264 g/mol. The molecule has 86 valence electrons. The number of benzene rings is 1. The average molecular weight is 270 g/mol. The van der Waals surface area contributed by atoms with Crippen molar-refractivity contribution in [1.29, 1.82) is 0 Å². The van der Waals surface area contributed by atoms with Crippen LogP contribution in [0.2, 0.25) is 10.0 Å². The zero-order chi connectivity index (χ0) is 12.4. The van der Waals surface area contributed by atoms with E-state index in [-0.39, 0.29) is 5.69 Å². The second kappa shape index (κ2) is 4.82. The Bertz CT molecular complexity index is 566. The van der Waals surface area contributed by atoms with Crippen molar-refractivity contribution in [2.75, 3.05) is 0 Å². The van der Waals surface area contributed by atoms with E-state index in [4.69, 9.17) is 23.2 Å². The van der Waals surface area contributed by atoms with Crippen molar-refractivity contribution in [3.8, 4) is 11.3 Å². The standard InChI is InChI=1S/C12H6Cl2FNO/c13-8-3-7(4-9(14)5-8)11-2-1-10(15)12(6-17)16-11/h1-6H. The summed E-state index contributed by atoms with van der Waals surface area (Å²) in [5.41, 5.74) is 0.835. The van der Waals surface area contributed by atoms with Crippen LogP contribution in [-0.2, 0) is 0 Å². The zero-order valence-corrected chi connectivity index (χ0v) is 9.97. The molecule has 2 aromatic rings. The van der Waals surface area contributed by atoms with E-state index in [1.165, 1.54) is 12.1 Å². The Kier molecular flexibility index (Phi) is 3.41. The lowest BCUT2D eigenvalue weighted by Gasteiger charge is -2.04. The van der Waals surface area contributed by atoms with E-state index in [1.807, 2.05) is 0 Å². The van der Waals surface area contributed by atoms with Gasteiger partial charge in [-0.15, -0.1) is 0 Å². The number of aromatic nitrogens is 1. The summed E-state index contributed by atoms with van der Waals surface area (Å²) >= 11 is 11.7. The predicted octanol–water partition coefficient (Wildman–Crippen LogP) is 4.01. The molecular formula is C12H6Cl2FNO. The quantitative estimate of drug-likeness (QED) is 0.772. The van der Waals surface area contributed by atoms with E-state index >= 15 is 0 Å². The maximum atomic E-state index is 13.1. The number of hydrogen-bond donors (Lipinski definition) is 0. The van der Waals surface area contributed by atoms with Gasteiger partial charge < -0.3 is 0 Å². The molecule has 0 aliphatic heterocycles. The van der Waals surface area contributed by atoms with E-state index < -0.39 is 5.82 Å². The van der Waals surface area contributed by atoms with Gasteiger partial charge in [-0.1, -0.05) is 23.2 Å². The first kappa shape index (κ1) is 12.0. The lowest BCUT2D eigenvalue weighted by Crippen LogP contribution is -1.95. The van der Waals surface area contributed by atoms with Gasteiger partial charge in [0.05, 0.1) is 5.69 Å². The third-order valence-electron chi connectivity index (χ3n) is 2.14. The van der Waals surface area contributed by atoms with Gasteiger partial charge in [0.15, 0.2) is 12.1 Å². The first-order valence-corrected chi connectivity index (χ1v) is 5.44. The molecule has 0 saturated carbocycles. The van der Waals surface area contributed by atoms with Gasteiger partial charge in [0.1, 0.15) is 5.69 Å². The van der Waals surface area contributed by atoms with Gasteiger partial charge in [-0.25, -0.2) is 9.37 Å². The number of hydrogen-bond acceptors (Lipinski definition) is 2. The van der Waals surface area contributed by atoms with Crippen LogP contribution in [0.4, 0.5) is 4.39 Å². The summed E-state index contributed by atoms with van der Waals surface area (Å²) in [6, 6.07) is 7.51. The van der Waals surface area contributed by atoms with Crippen LogP contribution in [-0.4, -0.2) is 11.3 Å². The van der Waals surface area contributed by atoms with Crippen molar-refractivity contribution in [3.63, 3.8) is 0 Å². The fourth-order valence-electron chi connectivity index (χ4n) is 1.40. The van der Waals surface area contributed by atoms with Crippen molar-refractivity contribution in [2.24, 2.45) is 0 Å². The molecule has 0 N–H and O–H groups in total. The highest BCUT2D eigenvalue weighted by atomic mass is 35.5. The Balaban J connectivity index is 2.56. The van der Waals surface area contributed by atoms with E-state index in [1.54, 1.807) is 18.2 Å². The Labute approximate surface area is 107 Å². The third-order valence-corrected chi connectivity index (χ3v) is 2.58. The predicted molar refractivity (Wildman–Crippen MR) is 65.0 cm³/mol. The Morgan fingerprint density at radius 2 is 1.76 bits per heavy atom. The zero-order valence-electron chi connectivity index (χ0n) is 8.45. The number of carbonyl (C=O) groups is 1. The van der Waals surface area contributed by atoms with Gasteiger partial charge in [0.25, 0.3) is 0 Å². The van der Waals surface area contributed by atoms with Crippen LogP contribution in [0.1, 0.15) is 10.5 Å². The molecule has 2 rings (SSSR count). The first-order chi connectivity index (χ1) is 8.10. The molecule has 0 saturated heterocycles. The van der Waals surface area contributed by atoms with Crippen LogP contribution in [0, 0.1) is 5.82 Å². The minimum atomic E-state index is -0.656. The largest absolute Gasteiger partial charge is 0.296 e. The number of nitrogens with zero attached hydrogens (tertiary/aromatic N) is 1. The summed E-state index contributed by atoms with van der Waals surface area (Å²) in [6.45, 7) is 0. The summed E-state index contributed by atoms with van der Waals surface area (Å²) < 4.78 is 13.1. The monoisotopic (exact) mass is 269 g/mol. The Morgan fingerprint density at radius 3 is 2.35 bits per heavy atom. The van der Waals surface area contributed by atoms with Crippen molar-refractivity contribution in [3.05, 3.63) is 51.9 Å². The van der Waals surface area contributed by atoms with Crippen molar-refractivity contribution in [2.45, 2.75) is 0 Å². The van der Waals surface area contributed by atoms with Gasteiger partial charge in [-0.3, -0.25) is 4.79 Å². The molecule has 0 radical (unpaired) electrons. The molecule has 0 bridgehead atoms. The van der Waals surface area contributed by atoms with Crippen LogP contribution >= 0.6 is 23.2 Å².